The predicted octanol–water partition coefficient (Wildman–Crippen LogP) is 1.47. The Morgan fingerprint density at radius 3 is 2.53 bits per heavy atom. The molecule has 0 bridgehead atoms. The third kappa shape index (κ3) is 3.44. The number of ether oxygens (including phenoxy) is 1. The van der Waals surface area contributed by atoms with Crippen LogP contribution >= 0.6 is 0 Å². The van der Waals surface area contributed by atoms with E-state index in [4.69, 9.17) is 10.5 Å². The van der Waals surface area contributed by atoms with E-state index in [1.807, 2.05) is 0 Å². The lowest BCUT2D eigenvalue weighted by atomic mass is 9.92. The zero-order chi connectivity index (χ0) is 11.5. The maximum atomic E-state index is 5.94. The monoisotopic (exact) mass is 214 g/mol. The molecule has 90 valence electrons. The molecular weight excluding hydrogens is 188 g/mol. The van der Waals surface area contributed by atoms with Crippen molar-refractivity contribution in [2.24, 2.45) is 11.7 Å². The molecule has 2 atom stereocenters. The van der Waals surface area contributed by atoms with Gasteiger partial charge in [0.1, 0.15) is 0 Å². The first kappa shape index (κ1) is 12.9. The minimum atomic E-state index is 0.138. The van der Waals surface area contributed by atoms with Gasteiger partial charge in [0.15, 0.2) is 0 Å². The number of nitrogens with two attached hydrogens (primary N) is 1. The van der Waals surface area contributed by atoms with Gasteiger partial charge in [0.25, 0.3) is 0 Å². The van der Waals surface area contributed by atoms with Crippen molar-refractivity contribution in [2.75, 3.05) is 27.3 Å². The molecule has 2 N–H and O–H groups in total. The average molecular weight is 214 g/mol. The van der Waals surface area contributed by atoms with Crippen molar-refractivity contribution in [1.82, 2.24) is 4.90 Å². The first-order valence-electron chi connectivity index (χ1n) is 5.95. The zero-order valence-corrected chi connectivity index (χ0v) is 10.6. The van der Waals surface area contributed by atoms with Gasteiger partial charge in [-0.2, -0.15) is 0 Å². The molecule has 0 spiro atoms. The minimum absolute atomic E-state index is 0.138. The van der Waals surface area contributed by atoms with Crippen LogP contribution in [0.1, 0.15) is 33.1 Å². The Balaban J connectivity index is 2.53. The van der Waals surface area contributed by atoms with E-state index < -0.39 is 0 Å². The van der Waals surface area contributed by atoms with E-state index in [1.54, 1.807) is 7.11 Å². The van der Waals surface area contributed by atoms with Crippen LogP contribution in [0.5, 0.6) is 0 Å². The molecule has 1 rings (SSSR count). The Hall–Kier alpha value is -0.120. The summed E-state index contributed by atoms with van der Waals surface area (Å²) in [6, 6.07) is 0.433. The summed E-state index contributed by atoms with van der Waals surface area (Å²) in [5.74, 6) is 0.913. The second kappa shape index (κ2) is 5.28. The Bertz CT molecular complexity index is 194. The third-order valence-electron chi connectivity index (χ3n) is 3.79. The second-order valence-electron chi connectivity index (χ2n) is 5.26. The smallest absolute Gasteiger partial charge is 0.0615 e. The van der Waals surface area contributed by atoms with Crippen molar-refractivity contribution in [3.63, 3.8) is 0 Å². The van der Waals surface area contributed by atoms with Gasteiger partial charge in [-0.15, -0.1) is 0 Å². The van der Waals surface area contributed by atoms with Gasteiger partial charge in [-0.05, 0) is 33.2 Å². The molecule has 0 aromatic rings. The van der Waals surface area contributed by atoms with E-state index in [9.17, 15) is 0 Å². The summed E-state index contributed by atoms with van der Waals surface area (Å²) in [4.78, 5) is 2.38. The van der Waals surface area contributed by atoms with Crippen molar-refractivity contribution < 1.29 is 4.74 Å². The SMILES string of the molecule is COCC(C)N(C)C(C)(CN)CC1CC1. The fourth-order valence-electron chi connectivity index (χ4n) is 2.20. The van der Waals surface area contributed by atoms with Gasteiger partial charge >= 0.3 is 0 Å². The largest absolute Gasteiger partial charge is 0.383 e. The van der Waals surface area contributed by atoms with Crippen LogP contribution in [-0.2, 0) is 4.74 Å². The quantitative estimate of drug-likeness (QED) is 0.697. The Labute approximate surface area is 94.0 Å². The number of nitrogens with zero attached hydrogens (tertiary/aromatic N) is 1. The normalized spacial score (nSPS) is 22.8. The molecule has 3 heteroatoms. The molecule has 0 aromatic carbocycles. The molecule has 0 amide bonds. The molecule has 1 aliphatic rings. The second-order valence-corrected chi connectivity index (χ2v) is 5.26. The maximum Gasteiger partial charge on any atom is 0.0615 e. The van der Waals surface area contributed by atoms with E-state index in [2.05, 4.69) is 25.8 Å². The molecule has 0 aliphatic heterocycles. The summed E-state index contributed by atoms with van der Waals surface area (Å²) in [6.07, 6.45) is 4.01. The predicted molar refractivity (Wildman–Crippen MR) is 63.9 cm³/mol. The fourth-order valence-corrected chi connectivity index (χ4v) is 2.20. The Kier molecular flexibility index (Phi) is 4.56. The van der Waals surface area contributed by atoms with Crippen LogP contribution in [0.4, 0.5) is 0 Å². The third-order valence-corrected chi connectivity index (χ3v) is 3.79. The molecule has 0 aromatic heterocycles. The number of methoxy groups -OCH3 is 1. The van der Waals surface area contributed by atoms with Crippen LogP contribution in [0.3, 0.4) is 0 Å². The highest BCUT2D eigenvalue weighted by molar-refractivity contribution is 4.93. The summed E-state index contributed by atoms with van der Waals surface area (Å²) in [5, 5.41) is 0. The van der Waals surface area contributed by atoms with Gasteiger partial charge < -0.3 is 10.5 Å². The summed E-state index contributed by atoms with van der Waals surface area (Å²) in [6.45, 7) is 5.98. The van der Waals surface area contributed by atoms with Gasteiger partial charge in [0.2, 0.25) is 0 Å². The standard InChI is InChI=1S/C12H26N2O/c1-10(8-15-4)14(3)12(2,9-13)7-11-5-6-11/h10-11H,5-9,13H2,1-4H3. The van der Waals surface area contributed by atoms with Crippen molar-refractivity contribution in [3.05, 3.63) is 0 Å². The first-order valence-corrected chi connectivity index (χ1v) is 5.95. The molecule has 1 fully saturated rings. The molecule has 2 unspecified atom stereocenters. The summed E-state index contributed by atoms with van der Waals surface area (Å²) in [5.41, 5.74) is 6.07. The molecule has 1 saturated carbocycles. The van der Waals surface area contributed by atoms with E-state index in [0.717, 1.165) is 19.1 Å². The molecule has 0 radical (unpaired) electrons. The van der Waals surface area contributed by atoms with Crippen LogP contribution in [0, 0.1) is 5.92 Å². The highest BCUT2D eigenvalue weighted by atomic mass is 16.5. The van der Waals surface area contributed by atoms with Gasteiger partial charge in [0, 0.05) is 25.2 Å². The zero-order valence-electron chi connectivity index (χ0n) is 10.6. The number of hydrogen-bond donors (Lipinski definition) is 1. The average Bonchev–Trinajstić information content (AvgIpc) is 3.00. The van der Waals surface area contributed by atoms with Crippen molar-refractivity contribution in [1.29, 1.82) is 0 Å². The Morgan fingerprint density at radius 1 is 1.53 bits per heavy atom. The van der Waals surface area contributed by atoms with Crippen LogP contribution in [0.25, 0.3) is 0 Å². The van der Waals surface area contributed by atoms with Crippen molar-refractivity contribution in [3.8, 4) is 0 Å². The number of likely N-dealkylation sites (N-methyl/N-ethyl adjacent to an activating group) is 1. The lowest BCUT2D eigenvalue weighted by Gasteiger charge is -2.42. The summed E-state index contributed by atoms with van der Waals surface area (Å²) >= 11 is 0. The molecule has 1 aliphatic carbocycles. The molecular formula is C12H26N2O. The van der Waals surface area contributed by atoms with E-state index in [-0.39, 0.29) is 5.54 Å². The molecule has 3 nitrogen and oxygen atoms in total. The summed E-state index contributed by atoms with van der Waals surface area (Å²) < 4.78 is 5.20. The molecule has 0 heterocycles. The van der Waals surface area contributed by atoms with Crippen molar-refractivity contribution >= 4 is 0 Å². The van der Waals surface area contributed by atoms with Gasteiger partial charge in [-0.25, -0.2) is 0 Å². The molecule has 15 heavy (non-hydrogen) atoms. The maximum absolute atomic E-state index is 5.94. The lowest BCUT2D eigenvalue weighted by Crippen LogP contribution is -2.54. The van der Waals surface area contributed by atoms with Gasteiger partial charge in [-0.1, -0.05) is 12.8 Å². The van der Waals surface area contributed by atoms with Crippen LogP contribution in [0.15, 0.2) is 0 Å². The Morgan fingerprint density at radius 2 is 2.13 bits per heavy atom. The number of hydrogen-bond acceptors (Lipinski definition) is 3. The topological polar surface area (TPSA) is 38.5 Å². The highest BCUT2D eigenvalue weighted by Crippen LogP contribution is 2.38. The van der Waals surface area contributed by atoms with E-state index in [0.29, 0.717) is 6.04 Å². The highest BCUT2D eigenvalue weighted by Gasteiger charge is 2.36. The number of rotatable bonds is 7. The molecule has 0 saturated heterocycles. The van der Waals surface area contributed by atoms with Crippen molar-refractivity contribution in [2.45, 2.75) is 44.7 Å². The van der Waals surface area contributed by atoms with Gasteiger partial charge in [0.05, 0.1) is 6.61 Å². The van der Waals surface area contributed by atoms with Crippen LogP contribution in [0.2, 0.25) is 0 Å². The lowest BCUT2D eigenvalue weighted by molar-refractivity contribution is 0.0398. The first-order chi connectivity index (χ1) is 7.03. The fraction of sp³-hybridized carbons (Fsp3) is 1.00. The van der Waals surface area contributed by atoms with Crippen LogP contribution in [-0.4, -0.2) is 43.8 Å². The van der Waals surface area contributed by atoms with Crippen LogP contribution < -0.4 is 5.73 Å². The summed E-state index contributed by atoms with van der Waals surface area (Å²) in [7, 11) is 3.92. The minimum Gasteiger partial charge on any atom is -0.383 e. The van der Waals surface area contributed by atoms with E-state index in [1.165, 1.54) is 19.3 Å². The van der Waals surface area contributed by atoms with E-state index >= 15 is 0 Å². The van der Waals surface area contributed by atoms with Gasteiger partial charge in [-0.3, -0.25) is 4.90 Å².